The predicted molar refractivity (Wildman–Crippen MR) is 65.4 cm³/mol. The molecule has 0 heterocycles. The van der Waals surface area contributed by atoms with Crippen molar-refractivity contribution in [1.82, 2.24) is 0 Å². The van der Waals surface area contributed by atoms with Crippen molar-refractivity contribution < 1.29 is 4.92 Å². The number of hydrogen-bond donors (Lipinski definition) is 0. The number of aryl methyl sites for hydroxylation is 1. The summed E-state index contributed by atoms with van der Waals surface area (Å²) in [4.78, 5) is 10.4. The average Bonchev–Trinajstić information content (AvgIpc) is 2.19. The zero-order valence-electron chi connectivity index (χ0n) is 8.33. The highest BCUT2D eigenvalue weighted by atomic mass is 35.5. The SMILES string of the molecule is Cc1cc2cc(Cl)c(Cl)cc2cc1[N+](=O)[O-]. The molecule has 0 bridgehead atoms. The van der Waals surface area contributed by atoms with Crippen molar-refractivity contribution in [3.8, 4) is 0 Å². The lowest BCUT2D eigenvalue weighted by Gasteiger charge is -2.03. The van der Waals surface area contributed by atoms with E-state index in [9.17, 15) is 10.1 Å². The van der Waals surface area contributed by atoms with Crippen LogP contribution in [0.4, 0.5) is 5.69 Å². The first-order valence-corrected chi connectivity index (χ1v) is 5.28. The van der Waals surface area contributed by atoms with Gasteiger partial charge in [0.05, 0.1) is 15.0 Å². The second-order valence-electron chi connectivity index (χ2n) is 3.51. The van der Waals surface area contributed by atoms with E-state index in [4.69, 9.17) is 23.2 Å². The van der Waals surface area contributed by atoms with Crippen LogP contribution in [0, 0.1) is 17.0 Å². The van der Waals surface area contributed by atoms with Gasteiger partial charge in [-0.3, -0.25) is 10.1 Å². The topological polar surface area (TPSA) is 43.1 Å². The van der Waals surface area contributed by atoms with E-state index in [0.29, 0.717) is 21.0 Å². The molecule has 0 saturated carbocycles. The minimum atomic E-state index is -0.405. The van der Waals surface area contributed by atoms with Crippen LogP contribution in [-0.4, -0.2) is 4.92 Å². The summed E-state index contributed by atoms with van der Waals surface area (Å²) >= 11 is 11.7. The third-order valence-electron chi connectivity index (χ3n) is 2.39. The molecule has 2 aromatic rings. The van der Waals surface area contributed by atoms with Crippen molar-refractivity contribution in [3.05, 3.63) is 50.0 Å². The lowest BCUT2D eigenvalue weighted by atomic mass is 10.1. The van der Waals surface area contributed by atoms with Gasteiger partial charge in [-0.15, -0.1) is 0 Å². The van der Waals surface area contributed by atoms with E-state index < -0.39 is 4.92 Å². The smallest absolute Gasteiger partial charge is 0.258 e. The van der Waals surface area contributed by atoms with Gasteiger partial charge in [-0.1, -0.05) is 23.2 Å². The molecule has 0 aromatic heterocycles. The number of nitro groups is 1. The largest absolute Gasteiger partial charge is 0.272 e. The molecule has 0 saturated heterocycles. The van der Waals surface area contributed by atoms with Crippen LogP contribution < -0.4 is 0 Å². The Labute approximate surface area is 102 Å². The lowest BCUT2D eigenvalue weighted by Crippen LogP contribution is -1.91. The highest BCUT2D eigenvalue weighted by Crippen LogP contribution is 2.31. The summed E-state index contributed by atoms with van der Waals surface area (Å²) in [5, 5.41) is 13.2. The molecule has 0 amide bonds. The fourth-order valence-corrected chi connectivity index (χ4v) is 1.94. The molecule has 2 rings (SSSR count). The van der Waals surface area contributed by atoms with Crippen LogP contribution in [0.1, 0.15) is 5.56 Å². The number of halogens is 2. The minimum absolute atomic E-state index is 0.0888. The van der Waals surface area contributed by atoms with E-state index in [2.05, 4.69) is 0 Å². The second kappa shape index (κ2) is 3.92. The molecule has 82 valence electrons. The minimum Gasteiger partial charge on any atom is -0.258 e. The molecule has 16 heavy (non-hydrogen) atoms. The molecule has 0 spiro atoms. The Hall–Kier alpha value is -1.32. The van der Waals surface area contributed by atoms with E-state index in [-0.39, 0.29) is 5.69 Å². The van der Waals surface area contributed by atoms with Crippen LogP contribution >= 0.6 is 23.2 Å². The fraction of sp³-hybridized carbons (Fsp3) is 0.0909. The number of benzene rings is 2. The number of hydrogen-bond acceptors (Lipinski definition) is 2. The maximum atomic E-state index is 10.8. The average molecular weight is 256 g/mol. The number of nitro benzene ring substituents is 1. The molecule has 2 aromatic carbocycles. The molecule has 5 heteroatoms. The van der Waals surface area contributed by atoms with Crippen LogP contribution in [0.5, 0.6) is 0 Å². The highest BCUT2D eigenvalue weighted by Gasteiger charge is 2.12. The van der Waals surface area contributed by atoms with Gasteiger partial charge in [-0.25, -0.2) is 0 Å². The molecule has 0 aliphatic heterocycles. The van der Waals surface area contributed by atoms with Crippen molar-refractivity contribution in [2.75, 3.05) is 0 Å². The second-order valence-corrected chi connectivity index (χ2v) is 4.32. The molecule has 3 nitrogen and oxygen atoms in total. The summed E-state index contributed by atoms with van der Waals surface area (Å²) in [5.74, 6) is 0. The van der Waals surface area contributed by atoms with Crippen molar-refractivity contribution in [2.45, 2.75) is 6.92 Å². The van der Waals surface area contributed by atoms with Crippen LogP contribution in [0.2, 0.25) is 10.0 Å². The predicted octanol–water partition coefficient (Wildman–Crippen LogP) is 4.36. The van der Waals surface area contributed by atoms with Gasteiger partial charge >= 0.3 is 0 Å². The summed E-state index contributed by atoms with van der Waals surface area (Å²) < 4.78 is 0. The van der Waals surface area contributed by atoms with Crippen LogP contribution in [0.25, 0.3) is 10.8 Å². The van der Waals surface area contributed by atoms with E-state index in [1.807, 2.05) is 0 Å². The summed E-state index contributed by atoms with van der Waals surface area (Å²) in [6.45, 7) is 1.69. The van der Waals surface area contributed by atoms with E-state index in [1.165, 1.54) is 6.07 Å². The molecule has 0 aliphatic rings. The fourth-order valence-electron chi connectivity index (χ4n) is 1.59. The Bertz CT molecular complexity index is 596. The zero-order valence-corrected chi connectivity index (χ0v) is 9.84. The van der Waals surface area contributed by atoms with Gasteiger partial charge in [0.2, 0.25) is 0 Å². The first-order valence-electron chi connectivity index (χ1n) is 4.53. The molecule has 0 atom stereocenters. The molecule has 0 N–H and O–H groups in total. The Morgan fingerprint density at radius 2 is 1.56 bits per heavy atom. The van der Waals surface area contributed by atoms with Gasteiger partial charge in [0, 0.05) is 11.6 Å². The number of fused-ring (bicyclic) bond motifs is 1. The van der Waals surface area contributed by atoms with Crippen molar-refractivity contribution in [1.29, 1.82) is 0 Å². The molecular formula is C11H7Cl2NO2. The van der Waals surface area contributed by atoms with E-state index in [1.54, 1.807) is 25.1 Å². The van der Waals surface area contributed by atoms with Crippen LogP contribution in [0.3, 0.4) is 0 Å². The zero-order chi connectivity index (χ0) is 11.9. The molecule has 0 aliphatic carbocycles. The third-order valence-corrected chi connectivity index (χ3v) is 3.11. The standard InChI is InChI=1S/C11H7Cl2NO2/c1-6-2-7-3-9(12)10(13)4-8(7)5-11(6)14(15)16/h2-5H,1H3. The summed E-state index contributed by atoms with van der Waals surface area (Å²) in [7, 11) is 0. The van der Waals surface area contributed by atoms with Crippen molar-refractivity contribution in [2.24, 2.45) is 0 Å². The Morgan fingerprint density at radius 3 is 2.06 bits per heavy atom. The lowest BCUT2D eigenvalue weighted by molar-refractivity contribution is -0.385. The quantitative estimate of drug-likeness (QED) is 0.561. The summed E-state index contributed by atoms with van der Waals surface area (Å²) in [6.07, 6.45) is 0. The van der Waals surface area contributed by atoms with E-state index >= 15 is 0 Å². The normalized spacial score (nSPS) is 10.7. The van der Waals surface area contributed by atoms with Gasteiger partial charge in [0.15, 0.2) is 0 Å². The Morgan fingerprint density at radius 1 is 1.06 bits per heavy atom. The summed E-state index contributed by atoms with van der Waals surface area (Å²) in [6, 6.07) is 6.57. The molecular weight excluding hydrogens is 249 g/mol. The summed E-state index contributed by atoms with van der Waals surface area (Å²) in [5.41, 5.74) is 0.696. The van der Waals surface area contributed by atoms with Crippen molar-refractivity contribution >= 4 is 39.7 Å². The first kappa shape index (κ1) is 11.2. The Balaban J connectivity index is 2.79. The van der Waals surface area contributed by atoms with Crippen molar-refractivity contribution in [3.63, 3.8) is 0 Å². The first-order chi connectivity index (χ1) is 7.49. The van der Waals surface area contributed by atoms with Gasteiger partial charge < -0.3 is 0 Å². The van der Waals surface area contributed by atoms with E-state index in [0.717, 1.165) is 5.39 Å². The number of rotatable bonds is 1. The Kier molecular flexibility index (Phi) is 2.74. The van der Waals surface area contributed by atoms with Gasteiger partial charge in [0.25, 0.3) is 5.69 Å². The number of nitrogens with zero attached hydrogens (tertiary/aromatic N) is 1. The van der Waals surface area contributed by atoms with Gasteiger partial charge in [-0.2, -0.15) is 0 Å². The molecule has 0 radical (unpaired) electrons. The molecule has 0 fully saturated rings. The highest BCUT2D eigenvalue weighted by molar-refractivity contribution is 6.42. The van der Waals surface area contributed by atoms with Crippen LogP contribution in [-0.2, 0) is 0 Å². The van der Waals surface area contributed by atoms with Crippen LogP contribution in [0.15, 0.2) is 24.3 Å². The maximum Gasteiger partial charge on any atom is 0.272 e. The third kappa shape index (κ3) is 1.84. The monoisotopic (exact) mass is 255 g/mol. The van der Waals surface area contributed by atoms with Gasteiger partial charge in [0.1, 0.15) is 0 Å². The maximum absolute atomic E-state index is 10.8. The van der Waals surface area contributed by atoms with Gasteiger partial charge in [-0.05, 0) is 35.9 Å². The molecule has 0 unspecified atom stereocenters.